The molecule has 0 aromatic heterocycles. The largest absolute Gasteiger partial charge is 0.396 e. The van der Waals surface area contributed by atoms with Crippen molar-refractivity contribution in [3.05, 3.63) is 0 Å². The van der Waals surface area contributed by atoms with Gasteiger partial charge in [-0.3, -0.25) is 4.79 Å². The smallest absolute Gasteiger partial charge is 0.217 e. The standard InChI is InChI=1S/C11H21NO2/c1-8(14)12-11(4)6-5-9(7-13)10(11,2)3/h9,13H,5-7H2,1-4H3,(H,12,14)/t9-,11-/m1/s1. The molecule has 3 nitrogen and oxygen atoms in total. The van der Waals surface area contributed by atoms with E-state index in [-0.39, 0.29) is 23.5 Å². The Morgan fingerprint density at radius 2 is 2.07 bits per heavy atom. The summed E-state index contributed by atoms with van der Waals surface area (Å²) in [5.41, 5.74) is -0.209. The molecule has 0 aliphatic heterocycles. The number of carbonyl (C=O) groups excluding carboxylic acids is 1. The summed E-state index contributed by atoms with van der Waals surface area (Å²) in [6, 6.07) is 0. The molecule has 82 valence electrons. The van der Waals surface area contributed by atoms with Crippen LogP contribution in [0.15, 0.2) is 0 Å². The second-order valence-electron chi connectivity index (χ2n) is 5.15. The summed E-state index contributed by atoms with van der Waals surface area (Å²) in [6.45, 7) is 8.08. The molecule has 1 rings (SSSR count). The number of aliphatic hydroxyl groups excluding tert-OH is 1. The Hall–Kier alpha value is -0.570. The molecule has 0 unspecified atom stereocenters. The van der Waals surface area contributed by atoms with Crippen LogP contribution in [0, 0.1) is 11.3 Å². The van der Waals surface area contributed by atoms with E-state index in [1.165, 1.54) is 0 Å². The number of aliphatic hydroxyl groups is 1. The van der Waals surface area contributed by atoms with Gasteiger partial charge in [0.2, 0.25) is 5.91 Å². The first-order chi connectivity index (χ1) is 6.33. The van der Waals surface area contributed by atoms with E-state index < -0.39 is 0 Å². The lowest BCUT2D eigenvalue weighted by molar-refractivity contribution is -0.122. The monoisotopic (exact) mass is 199 g/mol. The van der Waals surface area contributed by atoms with E-state index in [2.05, 4.69) is 26.1 Å². The fraction of sp³-hybridized carbons (Fsp3) is 0.909. The second-order valence-corrected chi connectivity index (χ2v) is 5.15. The highest BCUT2D eigenvalue weighted by Crippen LogP contribution is 2.49. The Morgan fingerprint density at radius 1 is 1.50 bits per heavy atom. The number of carbonyl (C=O) groups is 1. The van der Waals surface area contributed by atoms with Crippen molar-refractivity contribution in [3.8, 4) is 0 Å². The maximum Gasteiger partial charge on any atom is 0.217 e. The van der Waals surface area contributed by atoms with Crippen molar-refractivity contribution in [2.45, 2.75) is 46.1 Å². The molecule has 0 bridgehead atoms. The van der Waals surface area contributed by atoms with E-state index in [9.17, 15) is 9.90 Å². The fourth-order valence-corrected chi connectivity index (χ4v) is 2.53. The SMILES string of the molecule is CC(=O)N[C@]1(C)CC[C@H](CO)C1(C)C. The van der Waals surface area contributed by atoms with Gasteiger partial charge in [0.1, 0.15) is 0 Å². The first-order valence-electron chi connectivity index (χ1n) is 5.23. The van der Waals surface area contributed by atoms with Crippen LogP contribution in [-0.4, -0.2) is 23.2 Å². The molecule has 1 amide bonds. The van der Waals surface area contributed by atoms with Gasteiger partial charge in [0.25, 0.3) is 0 Å². The van der Waals surface area contributed by atoms with Crippen molar-refractivity contribution < 1.29 is 9.90 Å². The van der Waals surface area contributed by atoms with Crippen LogP contribution in [0.1, 0.15) is 40.5 Å². The lowest BCUT2D eigenvalue weighted by Crippen LogP contribution is -2.54. The Morgan fingerprint density at radius 3 is 2.43 bits per heavy atom. The summed E-state index contributed by atoms with van der Waals surface area (Å²) in [6.07, 6.45) is 1.94. The van der Waals surface area contributed by atoms with Gasteiger partial charge in [0.05, 0.1) is 0 Å². The lowest BCUT2D eigenvalue weighted by Gasteiger charge is -2.41. The third-order valence-corrected chi connectivity index (χ3v) is 4.11. The predicted octanol–water partition coefficient (Wildman–Crippen LogP) is 1.31. The topological polar surface area (TPSA) is 49.3 Å². The lowest BCUT2D eigenvalue weighted by atomic mass is 9.71. The van der Waals surface area contributed by atoms with E-state index >= 15 is 0 Å². The van der Waals surface area contributed by atoms with Gasteiger partial charge in [0, 0.05) is 19.1 Å². The molecular weight excluding hydrogens is 178 g/mol. The van der Waals surface area contributed by atoms with Gasteiger partial charge in [-0.05, 0) is 31.1 Å². The van der Waals surface area contributed by atoms with E-state index in [1.807, 2.05) is 0 Å². The van der Waals surface area contributed by atoms with Crippen molar-refractivity contribution in [2.75, 3.05) is 6.61 Å². The molecule has 2 N–H and O–H groups in total. The molecule has 0 radical (unpaired) electrons. The molecule has 1 saturated carbocycles. The first-order valence-corrected chi connectivity index (χ1v) is 5.23. The van der Waals surface area contributed by atoms with Gasteiger partial charge in [-0.1, -0.05) is 13.8 Å². The molecule has 0 spiro atoms. The average molecular weight is 199 g/mol. The zero-order chi connectivity index (χ0) is 11.0. The quantitative estimate of drug-likeness (QED) is 0.704. The minimum Gasteiger partial charge on any atom is -0.396 e. The summed E-state index contributed by atoms with van der Waals surface area (Å²) >= 11 is 0. The highest BCUT2D eigenvalue weighted by atomic mass is 16.3. The minimum atomic E-state index is -0.174. The number of rotatable bonds is 2. The van der Waals surface area contributed by atoms with Crippen LogP contribution in [-0.2, 0) is 4.79 Å². The van der Waals surface area contributed by atoms with Gasteiger partial charge >= 0.3 is 0 Å². The van der Waals surface area contributed by atoms with Crippen LogP contribution in [0.4, 0.5) is 0 Å². The van der Waals surface area contributed by atoms with Crippen molar-refractivity contribution in [3.63, 3.8) is 0 Å². The summed E-state index contributed by atoms with van der Waals surface area (Å²) in [7, 11) is 0. The summed E-state index contributed by atoms with van der Waals surface area (Å²) in [4.78, 5) is 11.1. The average Bonchev–Trinajstić information content (AvgIpc) is 2.22. The Bertz CT molecular complexity index is 237. The van der Waals surface area contributed by atoms with Crippen LogP contribution >= 0.6 is 0 Å². The Labute approximate surface area is 85.9 Å². The van der Waals surface area contributed by atoms with Gasteiger partial charge in [0.15, 0.2) is 0 Å². The van der Waals surface area contributed by atoms with Crippen molar-refractivity contribution >= 4 is 5.91 Å². The third kappa shape index (κ3) is 1.65. The number of nitrogens with one attached hydrogen (secondary N) is 1. The molecular formula is C11H21NO2. The van der Waals surface area contributed by atoms with Crippen LogP contribution in [0.2, 0.25) is 0 Å². The molecule has 14 heavy (non-hydrogen) atoms. The molecule has 1 aliphatic rings. The van der Waals surface area contributed by atoms with Gasteiger partial charge < -0.3 is 10.4 Å². The number of hydrogen-bond donors (Lipinski definition) is 2. The molecule has 0 aromatic carbocycles. The van der Waals surface area contributed by atoms with Crippen LogP contribution in [0.25, 0.3) is 0 Å². The van der Waals surface area contributed by atoms with E-state index in [0.717, 1.165) is 12.8 Å². The number of hydrogen-bond acceptors (Lipinski definition) is 2. The highest BCUT2D eigenvalue weighted by Gasteiger charge is 2.51. The summed E-state index contributed by atoms with van der Waals surface area (Å²) < 4.78 is 0. The molecule has 1 fully saturated rings. The van der Waals surface area contributed by atoms with Crippen molar-refractivity contribution in [2.24, 2.45) is 11.3 Å². The molecule has 0 heterocycles. The predicted molar refractivity (Wildman–Crippen MR) is 55.8 cm³/mol. The molecule has 0 aromatic rings. The highest BCUT2D eigenvalue weighted by molar-refractivity contribution is 5.74. The minimum absolute atomic E-state index is 0.0131. The second kappa shape index (κ2) is 3.54. The fourth-order valence-electron chi connectivity index (χ4n) is 2.53. The molecule has 1 aliphatic carbocycles. The summed E-state index contributed by atoms with van der Waals surface area (Å²) in [5.74, 6) is 0.304. The molecule has 3 heteroatoms. The normalized spacial score (nSPS) is 35.6. The zero-order valence-electron chi connectivity index (χ0n) is 9.55. The van der Waals surface area contributed by atoms with Gasteiger partial charge in [-0.25, -0.2) is 0 Å². The summed E-state index contributed by atoms with van der Waals surface area (Å²) in [5, 5.41) is 12.3. The maximum atomic E-state index is 11.1. The number of amides is 1. The van der Waals surface area contributed by atoms with Gasteiger partial charge in [-0.15, -0.1) is 0 Å². The van der Waals surface area contributed by atoms with Crippen LogP contribution < -0.4 is 5.32 Å². The Balaban J connectivity index is 2.85. The van der Waals surface area contributed by atoms with Crippen molar-refractivity contribution in [1.29, 1.82) is 0 Å². The first kappa shape index (κ1) is 11.5. The van der Waals surface area contributed by atoms with E-state index in [0.29, 0.717) is 5.92 Å². The van der Waals surface area contributed by atoms with Crippen LogP contribution in [0.3, 0.4) is 0 Å². The zero-order valence-corrected chi connectivity index (χ0v) is 9.55. The van der Waals surface area contributed by atoms with E-state index in [4.69, 9.17) is 0 Å². The van der Waals surface area contributed by atoms with E-state index in [1.54, 1.807) is 6.92 Å². The van der Waals surface area contributed by atoms with Crippen LogP contribution in [0.5, 0.6) is 0 Å². The molecule has 0 saturated heterocycles. The molecule has 2 atom stereocenters. The van der Waals surface area contributed by atoms with Crippen molar-refractivity contribution in [1.82, 2.24) is 5.32 Å². The third-order valence-electron chi connectivity index (χ3n) is 4.11. The maximum absolute atomic E-state index is 11.1. The van der Waals surface area contributed by atoms with Gasteiger partial charge in [-0.2, -0.15) is 0 Å². The Kier molecular flexibility index (Phi) is 2.91.